The molecule has 0 aromatic heterocycles. The summed E-state index contributed by atoms with van der Waals surface area (Å²) in [5.41, 5.74) is 9.58. The molecule has 0 amide bonds. The number of nitrogens with two attached hydrogens (primary N) is 1. The van der Waals surface area contributed by atoms with E-state index in [-0.39, 0.29) is 0 Å². The van der Waals surface area contributed by atoms with E-state index in [0.29, 0.717) is 22.9 Å². The van der Waals surface area contributed by atoms with Crippen LogP contribution >= 0.6 is 0 Å². The number of para-hydroxylation sites is 2. The van der Waals surface area contributed by atoms with Gasteiger partial charge in [0, 0.05) is 12.1 Å². The van der Waals surface area contributed by atoms with E-state index in [1.807, 2.05) is 79.5 Å². The monoisotopic (exact) mass is 349 g/mol. The van der Waals surface area contributed by atoms with Crippen LogP contribution in [0, 0.1) is 0 Å². The van der Waals surface area contributed by atoms with E-state index in [0.717, 1.165) is 23.5 Å². The predicted molar refractivity (Wildman–Crippen MR) is 104 cm³/mol. The third-order valence-electron chi connectivity index (χ3n) is 4.09. The first-order valence-corrected chi connectivity index (χ1v) is 8.57. The molecule has 1 aliphatic heterocycles. The molecule has 5 nitrogen and oxygen atoms in total. The molecular formula is C21H23N3O2. The number of benzene rings is 2. The van der Waals surface area contributed by atoms with Gasteiger partial charge < -0.3 is 15.2 Å². The van der Waals surface area contributed by atoms with E-state index in [9.17, 15) is 0 Å². The first-order valence-electron chi connectivity index (χ1n) is 8.57. The lowest BCUT2D eigenvalue weighted by Gasteiger charge is -2.26. The Balaban J connectivity index is 1.91. The molecule has 0 atom stereocenters. The maximum absolute atomic E-state index is 6.21. The number of ether oxygens (including phenoxy) is 2. The van der Waals surface area contributed by atoms with Crippen LogP contribution in [0.3, 0.4) is 0 Å². The van der Waals surface area contributed by atoms with Gasteiger partial charge in [-0.05, 0) is 44.2 Å². The van der Waals surface area contributed by atoms with Crippen LogP contribution in [0.2, 0.25) is 0 Å². The number of hydrogen-bond acceptors (Lipinski definition) is 5. The number of allylic oxidation sites excluding steroid dienone is 2. The van der Waals surface area contributed by atoms with E-state index in [2.05, 4.69) is 0 Å². The van der Waals surface area contributed by atoms with Crippen molar-refractivity contribution < 1.29 is 9.47 Å². The molecule has 1 heterocycles. The van der Waals surface area contributed by atoms with Gasteiger partial charge in [-0.2, -0.15) is 5.10 Å². The lowest BCUT2D eigenvalue weighted by atomic mass is 10.1. The highest BCUT2D eigenvalue weighted by molar-refractivity contribution is 6.10. The van der Waals surface area contributed by atoms with Crippen molar-refractivity contribution in [1.29, 1.82) is 0 Å². The van der Waals surface area contributed by atoms with Crippen LogP contribution in [-0.4, -0.2) is 24.4 Å². The number of nitrogens with zero attached hydrogens (tertiary/aromatic N) is 2. The lowest BCUT2D eigenvalue weighted by molar-refractivity contribution is 0.378. The summed E-state index contributed by atoms with van der Waals surface area (Å²) in [5, 5.41) is 6.60. The molecule has 134 valence electrons. The molecule has 0 saturated carbocycles. The molecular weight excluding hydrogens is 326 g/mol. The van der Waals surface area contributed by atoms with Crippen molar-refractivity contribution in [1.82, 2.24) is 5.01 Å². The average molecular weight is 349 g/mol. The fourth-order valence-corrected chi connectivity index (χ4v) is 2.83. The fourth-order valence-electron chi connectivity index (χ4n) is 2.83. The maximum atomic E-state index is 6.21. The maximum Gasteiger partial charge on any atom is 0.169 e. The Morgan fingerprint density at radius 2 is 1.88 bits per heavy atom. The highest BCUT2D eigenvalue weighted by Gasteiger charge is 2.17. The second-order valence-electron chi connectivity index (χ2n) is 5.76. The van der Waals surface area contributed by atoms with E-state index >= 15 is 0 Å². The summed E-state index contributed by atoms with van der Waals surface area (Å²) in [6, 6.07) is 15.3. The number of likely N-dealkylation sites (N-methyl/N-ethyl adjacent to an activating group) is 1. The lowest BCUT2D eigenvalue weighted by Crippen LogP contribution is -2.27. The highest BCUT2D eigenvalue weighted by atomic mass is 16.5. The zero-order valence-electron chi connectivity index (χ0n) is 15.3. The Bertz CT molecular complexity index is 884. The predicted octanol–water partition coefficient (Wildman–Crippen LogP) is 4.27. The largest absolute Gasteiger partial charge is 0.493 e. The normalized spacial score (nSPS) is 15.5. The van der Waals surface area contributed by atoms with Crippen molar-refractivity contribution in [3.05, 3.63) is 77.6 Å². The molecule has 1 aliphatic rings. The van der Waals surface area contributed by atoms with Crippen LogP contribution in [0.5, 0.6) is 17.2 Å². The van der Waals surface area contributed by atoms with Crippen molar-refractivity contribution in [2.45, 2.75) is 13.8 Å². The second-order valence-corrected chi connectivity index (χ2v) is 5.76. The van der Waals surface area contributed by atoms with Crippen LogP contribution in [0.4, 0.5) is 0 Å². The summed E-state index contributed by atoms with van der Waals surface area (Å²) < 4.78 is 11.3. The number of hydrogen-bond donors (Lipinski definition) is 1. The Labute approximate surface area is 154 Å². The van der Waals surface area contributed by atoms with Gasteiger partial charge >= 0.3 is 0 Å². The van der Waals surface area contributed by atoms with Crippen molar-refractivity contribution in [3.8, 4) is 17.2 Å². The topological polar surface area (TPSA) is 60.1 Å². The van der Waals surface area contributed by atoms with Crippen LogP contribution in [-0.2, 0) is 0 Å². The van der Waals surface area contributed by atoms with Gasteiger partial charge in [0.05, 0.1) is 24.2 Å². The molecule has 26 heavy (non-hydrogen) atoms. The Morgan fingerprint density at radius 3 is 2.58 bits per heavy atom. The van der Waals surface area contributed by atoms with Gasteiger partial charge in [0.15, 0.2) is 11.5 Å². The van der Waals surface area contributed by atoms with E-state index in [1.54, 1.807) is 7.11 Å². The van der Waals surface area contributed by atoms with Crippen LogP contribution in [0.1, 0.15) is 19.4 Å². The molecule has 0 spiro atoms. The third kappa shape index (κ3) is 3.57. The van der Waals surface area contributed by atoms with Crippen LogP contribution in [0.25, 0.3) is 0 Å². The summed E-state index contributed by atoms with van der Waals surface area (Å²) in [7, 11) is 1.63. The average Bonchev–Trinajstić information content (AvgIpc) is 2.68. The van der Waals surface area contributed by atoms with E-state index < -0.39 is 0 Å². The molecule has 0 aliphatic carbocycles. The number of hydrazone groups is 1. The molecule has 2 aromatic rings. The van der Waals surface area contributed by atoms with Gasteiger partial charge in [0.2, 0.25) is 0 Å². The second kappa shape index (κ2) is 7.78. The van der Waals surface area contributed by atoms with Gasteiger partial charge in [0.1, 0.15) is 5.75 Å². The summed E-state index contributed by atoms with van der Waals surface area (Å²) in [4.78, 5) is 0. The minimum atomic E-state index is 0.666. The summed E-state index contributed by atoms with van der Waals surface area (Å²) in [5.74, 6) is 2.06. The summed E-state index contributed by atoms with van der Waals surface area (Å²) in [6.07, 6.45) is 3.86. The van der Waals surface area contributed by atoms with E-state index in [4.69, 9.17) is 20.3 Å². The Morgan fingerprint density at radius 1 is 1.12 bits per heavy atom. The van der Waals surface area contributed by atoms with Crippen molar-refractivity contribution in [3.63, 3.8) is 0 Å². The first kappa shape index (κ1) is 17.6. The molecule has 0 bridgehead atoms. The summed E-state index contributed by atoms with van der Waals surface area (Å²) in [6.45, 7) is 4.75. The summed E-state index contributed by atoms with van der Waals surface area (Å²) >= 11 is 0. The first-order chi connectivity index (χ1) is 12.7. The standard InChI is InChI=1S/C21H23N3O2/c1-4-19-17(22)14-18(23-24(19)5-2)15-9-8-10-16(13-15)26-21-12-7-6-11-20(21)25-3/h4,6-14H,5,22H2,1-3H3/b19-4-. The van der Waals surface area contributed by atoms with E-state index in [1.165, 1.54) is 0 Å². The molecule has 2 N–H and O–H groups in total. The van der Waals surface area contributed by atoms with Crippen molar-refractivity contribution in [2.24, 2.45) is 10.8 Å². The van der Waals surface area contributed by atoms with Crippen LogP contribution in [0.15, 0.2) is 77.2 Å². The third-order valence-corrected chi connectivity index (χ3v) is 4.09. The van der Waals surface area contributed by atoms with Gasteiger partial charge in [-0.1, -0.05) is 30.3 Å². The number of methoxy groups -OCH3 is 1. The molecule has 0 fully saturated rings. The van der Waals surface area contributed by atoms with Gasteiger partial charge in [-0.25, -0.2) is 0 Å². The molecule has 0 saturated heterocycles. The molecule has 0 unspecified atom stereocenters. The molecule has 0 radical (unpaired) electrons. The molecule has 5 heteroatoms. The molecule has 3 rings (SSSR count). The minimum Gasteiger partial charge on any atom is -0.493 e. The SMILES string of the molecule is C/C=C1/C(N)=CC(c2cccc(Oc3ccccc3OC)c2)=NN1CC. The van der Waals surface area contributed by atoms with Crippen molar-refractivity contribution in [2.75, 3.05) is 13.7 Å². The van der Waals surface area contributed by atoms with Crippen molar-refractivity contribution >= 4 is 5.71 Å². The smallest absolute Gasteiger partial charge is 0.169 e. The van der Waals surface area contributed by atoms with Gasteiger partial charge in [-0.15, -0.1) is 0 Å². The molecule has 2 aromatic carbocycles. The highest BCUT2D eigenvalue weighted by Crippen LogP contribution is 2.31. The fraction of sp³-hybridized carbons (Fsp3) is 0.190. The minimum absolute atomic E-state index is 0.666. The Kier molecular flexibility index (Phi) is 5.27. The van der Waals surface area contributed by atoms with Gasteiger partial charge in [0.25, 0.3) is 0 Å². The Hall–Kier alpha value is -3.21. The van der Waals surface area contributed by atoms with Gasteiger partial charge in [-0.3, -0.25) is 5.01 Å². The number of rotatable bonds is 5. The zero-order valence-corrected chi connectivity index (χ0v) is 15.3. The zero-order chi connectivity index (χ0) is 18.5. The quantitative estimate of drug-likeness (QED) is 0.875. The van der Waals surface area contributed by atoms with Crippen LogP contribution < -0.4 is 15.2 Å².